The Morgan fingerprint density at radius 3 is 2.15 bits per heavy atom. The van der Waals surface area contributed by atoms with Crippen molar-refractivity contribution in [3.8, 4) is 11.3 Å². The maximum absolute atomic E-state index is 14.2. The molecule has 4 rings (SSSR count). The monoisotopic (exact) mass is 596 g/mol. The van der Waals surface area contributed by atoms with E-state index >= 15 is 0 Å². The Bertz CT molecular complexity index is 1500. The molecule has 40 heavy (non-hydrogen) atoms. The summed E-state index contributed by atoms with van der Waals surface area (Å²) >= 11 is 0. The van der Waals surface area contributed by atoms with E-state index in [9.17, 15) is 48.3 Å². The summed E-state index contributed by atoms with van der Waals surface area (Å²) in [6, 6.07) is 2.92. The smallest absolute Gasteiger partial charge is 0.349 e. The number of sulfonamides is 1. The predicted octanol–water partition coefficient (Wildman–Crippen LogP) is 3.53. The minimum Gasteiger partial charge on any atom is -0.349 e. The van der Waals surface area contributed by atoms with Crippen LogP contribution in [0.4, 0.5) is 35.1 Å². The Morgan fingerprint density at radius 2 is 1.57 bits per heavy atom. The highest BCUT2D eigenvalue weighted by Gasteiger charge is 2.44. The van der Waals surface area contributed by atoms with Crippen LogP contribution >= 0.6 is 0 Å². The minimum absolute atomic E-state index is 0.318. The summed E-state index contributed by atoms with van der Waals surface area (Å²) in [6.45, 7) is -1.40. The number of carbonyl (C=O) groups is 1. The van der Waals surface area contributed by atoms with Gasteiger partial charge >= 0.3 is 12.4 Å². The molecule has 3 aromatic rings. The number of nitrogens with zero attached hydrogens (tertiary/aromatic N) is 5. The van der Waals surface area contributed by atoms with E-state index < -0.39 is 93.8 Å². The van der Waals surface area contributed by atoms with Gasteiger partial charge in [0, 0.05) is 30.9 Å². The Labute approximate surface area is 220 Å². The maximum Gasteiger partial charge on any atom is 0.451 e. The summed E-state index contributed by atoms with van der Waals surface area (Å²) in [5, 5.41) is 2.20. The molecular formula is C22H16F8N6O3S. The van der Waals surface area contributed by atoms with Gasteiger partial charge in [-0.2, -0.15) is 30.6 Å². The second kappa shape index (κ2) is 10.6. The van der Waals surface area contributed by atoms with Crippen LogP contribution in [-0.4, -0.2) is 57.3 Å². The first-order valence-electron chi connectivity index (χ1n) is 11.1. The van der Waals surface area contributed by atoms with Gasteiger partial charge in [0.25, 0.3) is 0 Å². The maximum atomic E-state index is 14.2. The van der Waals surface area contributed by atoms with E-state index in [4.69, 9.17) is 0 Å². The Hall–Kier alpha value is -3.80. The van der Waals surface area contributed by atoms with Crippen molar-refractivity contribution in [2.24, 2.45) is 0 Å². The number of aromatic nitrogens is 4. The number of rotatable bonds is 6. The molecule has 1 N–H and O–H groups in total. The van der Waals surface area contributed by atoms with Crippen molar-refractivity contribution in [3.63, 3.8) is 0 Å². The molecule has 0 saturated carbocycles. The normalized spacial score (nSPS) is 18.6. The molecule has 1 saturated heterocycles. The summed E-state index contributed by atoms with van der Waals surface area (Å²) < 4.78 is 132. The highest BCUT2D eigenvalue weighted by atomic mass is 32.2. The van der Waals surface area contributed by atoms with E-state index in [0.717, 1.165) is 30.3 Å². The van der Waals surface area contributed by atoms with Crippen LogP contribution in [0.1, 0.15) is 23.8 Å². The Morgan fingerprint density at radius 1 is 0.975 bits per heavy atom. The van der Waals surface area contributed by atoms with Gasteiger partial charge in [-0.25, -0.2) is 37.1 Å². The number of alkyl halides is 7. The quantitative estimate of drug-likeness (QED) is 0.433. The summed E-state index contributed by atoms with van der Waals surface area (Å²) in [4.78, 5) is 25.2. The van der Waals surface area contributed by atoms with E-state index in [-0.39, 0.29) is 5.56 Å². The third-order valence-electron chi connectivity index (χ3n) is 5.61. The number of carbonyl (C=O) groups excluding carboxylic acids is 1. The molecule has 0 bridgehead atoms. The molecule has 1 aliphatic rings. The van der Waals surface area contributed by atoms with Crippen LogP contribution in [0.3, 0.4) is 0 Å². The average Bonchev–Trinajstić information content (AvgIpc) is 3.29. The zero-order valence-electron chi connectivity index (χ0n) is 19.7. The summed E-state index contributed by atoms with van der Waals surface area (Å²) in [7, 11) is -4.45. The Kier molecular flexibility index (Phi) is 7.77. The first kappa shape index (κ1) is 29.2. The van der Waals surface area contributed by atoms with Crippen molar-refractivity contribution in [1.29, 1.82) is 0 Å². The van der Waals surface area contributed by atoms with Gasteiger partial charge in [-0.3, -0.25) is 4.79 Å². The fraction of sp³-hybridized carbons (Fsp3) is 0.318. The molecule has 18 heteroatoms. The van der Waals surface area contributed by atoms with E-state index in [1.54, 1.807) is 0 Å². The van der Waals surface area contributed by atoms with Crippen molar-refractivity contribution in [2.75, 3.05) is 6.54 Å². The number of halogens is 8. The molecule has 0 radical (unpaired) electrons. The molecule has 3 heterocycles. The molecule has 2 aromatic heterocycles. The standard InChI is InChI=1S/C22H16F8N6O3S/c23-12-1-3-15(4-2-12)40(38,39)36-10-13(24)5-17(36)18(37)31-9-14-6-16(35-20(34-14)22(28,29)30)11-7-32-19(33-8-11)21(25,26)27/h1-4,6-8,13,17H,5,9-10H2,(H,31,37)/t13-,17+/m1/s1. The highest BCUT2D eigenvalue weighted by molar-refractivity contribution is 7.89. The second-order valence-electron chi connectivity index (χ2n) is 8.45. The van der Waals surface area contributed by atoms with Crippen LogP contribution in [0.5, 0.6) is 0 Å². The van der Waals surface area contributed by atoms with Crippen LogP contribution in [0.25, 0.3) is 11.3 Å². The van der Waals surface area contributed by atoms with Crippen molar-refractivity contribution in [2.45, 2.75) is 42.4 Å². The third kappa shape index (κ3) is 6.33. The number of benzene rings is 1. The zero-order valence-corrected chi connectivity index (χ0v) is 20.5. The molecule has 214 valence electrons. The number of hydrogen-bond donors (Lipinski definition) is 1. The van der Waals surface area contributed by atoms with Crippen LogP contribution in [0.2, 0.25) is 0 Å². The number of hydrogen-bond acceptors (Lipinski definition) is 7. The minimum atomic E-state index is -5.09. The molecule has 0 unspecified atom stereocenters. The molecule has 1 aromatic carbocycles. The van der Waals surface area contributed by atoms with Gasteiger partial charge in [0.05, 0.1) is 22.8 Å². The lowest BCUT2D eigenvalue weighted by Gasteiger charge is -2.23. The Balaban J connectivity index is 1.57. The van der Waals surface area contributed by atoms with Crippen LogP contribution in [-0.2, 0) is 33.7 Å². The van der Waals surface area contributed by atoms with E-state index in [2.05, 4.69) is 25.3 Å². The van der Waals surface area contributed by atoms with Gasteiger partial charge in [0.2, 0.25) is 27.6 Å². The van der Waals surface area contributed by atoms with E-state index in [1.165, 1.54) is 0 Å². The lowest BCUT2D eigenvalue weighted by atomic mass is 10.2. The van der Waals surface area contributed by atoms with Gasteiger partial charge < -0.3 is 5.32 Å². The molecule has 1 amide bonds. The fourth-order valence-electron chi connectivity index (χ4n) is 3.77. The second-order valence-corrected chi connectivity index (χ2v) is 10.3. The molecule has 1 aliphatic heterocycles. The van der Waals surface area contributed by atoms with Crippen LogP contribution in [0, 0.1) is 5.82 Å². The first-order valence-corrected chi connectivity index (χ1v) is 12.5. The lowest BCUT2D eigenvalue weighted by molar-refractivity contribution is -0.145. The fourth-order valence-corrected chi connectivity index (χ4v) is 5.39. The van der Waals surface area contributed by atoms with Gasteiger partial charge in [0.15, 0.2) is 0 Å². The van der Waals surface area contributed by atoms with Crippen molar-refractivity contribution in [3.05, 3.63) is 65.9 Å². The summed E-state index contributed by atoms with van der Waals surface area (Å²) in [6.07, 6.45) is -11.1. The van der Waals surface area contributed by atoms with E-state index in [1.807, 2.05) is 0 Å². The zero-order chi connectivity index (χ0) is 29.5. The molecule has 0 aliphatic carbocycles. The van der Waals surface area contributed by atoms with Crippen molar-refractivity contribution >= 4 is 15.9 Å². The van der Waals surface area contributed by atoms with Gasteiger partial charge in [0.1, 0.15) is 18.0 Å². The topological polar surface area (TPSA) is 118 Å². The lowest BCUT2D eigenvalue weighted by Crippen LogP contribution is -2.45. The first-order chi connectivity index (χ1) is 18.6. The van der Waals surface area contributed by atoms with Gasteiger partial charge in [-0.1, -0.05) is 0 Å². The van der Waals surface area contributed by atoms with Crippen molar-refractivity contribution in [1.82, 2.24) is 29.6 Å². The molecule has 1 fully saturated rings. The van der Waals surface area contributed by atoms with Gasteiger partial charge in [-0.15, -0.1) is 0 Å². The molecule has 0 spiro atoms. The number of amides is 1. The summed E-state index contributed by atoms with van der Waals surface area (Å²) in [5.41, 5.74) is -1.28. The number of nitrogens with one attached hydrogen (secondary N) is 1. The molecule has 9 nitrogen and oxygen atoms in total. The molecular weight excluding hydrogens is 580 g/mol. The summed E-state index contributed by atoms with van der Waals surface area (Å²) in [5.74, 6) is -5.00. The average molecular weight is 596 g/mol. The van der Waals surface area contributed by atoms with Crippen LogP contribution < -0.4 is 5.32 Å². The molecule has 2 atom stereocenters. The van der Waals surface area contributed by atoms with E-state index in [0.29, 0.717) is 16.7 Å². The highest BCUT2D eigenvalue weighted by Crippen LogP contribution is 2.31. The van der Waals surface area contributed by atoms with Crippen LogP contribution in [0.15, 0.2) is 47.6 Å². The van der Waals surface area contributed by atoms with Gasteiger partial charge in [-0.05, 0) is 30.3 Å². The largest absolute Gasteiger partial charge is 0.451 e. The predicted molar refractivity (Wildman–Crippen MR) is 119 cm³/mol. The third-order valence-corrected chi connectivity index (χ3v) is 7.49. The van der Waals surface area contributed by atoms with Crippen molar-refractivity contribution < 1.29 is 48.3 Å². The SMILES string of the molecule is O=C(NCc1cc(-c2cnc(C(F)(F)F)nc2)nc(C(F)(F)F)n1)[C@@H]1C[C@@H](F)CN1S(=O)(=O)c1ccc(F)cc1.